The van der Waals surface area contributed by atoms with Crippen molar-refractivity contribution < 1.29 is 17.9 Å². The Morgan fingerprint density at radius 3 is 2.88 bits per heavy atom. The van der Waals surface area contributed by atoms with Gasteiger partial charge in [-0.05, 0) is 47.4 Å². The predicted octanol–water partition coefficient (Wildman–Crippen LogP) is 2.68. The predicted molar refractivity (Wildman–Crippen MR) is 91.3 cm³/mol. The third kappa shape index (κ3) is 2.65. The Kier molecular flexibility index (Phi) is 3.73. The number of fused-ring (bicyclic) bond motifs is 2. The van der Waals surface area contributed by atoms with Crippen LogP contribution in [0.2, 0.25) is 0 Å². The molecular weight excluding hydrogens is 348 g/mol. The molecule has 1 aromatic heterocycles. The minimum Gasteiger partial charge on any atom is -0.491 e. The summed E-state index contributed by atoms with van der Waals surface area (Å²) in [6.07, 6.45) is 3.68. The Morgan fingerprint density at radius 1 is 1.21 bits per heavy atom. The lowest BCUT2D eigenvalue weighted by atomic mass is 10.0. The van der Waals surface area contributed by atoms with Gasteiger partial charge in [0.25, 0.3) is 10.0 Å². The van der Waals surface area contributed by atoms with Crippen LogP contribution in [-0.4, -0.2) is 21.1 Å². The van der Waals surface area contributed by atoms with Crippen LogP contribution < -0.4 is 14.8 Å². The number of amides is 2. The van der Waals surface area contributed by atoms with Crippen LogP contribution in [-0.2, 0) is 29.3 Å². The van der Waals surface area contributed by atoms with E-state index < -0.39 is 16.1 Å². The summed E-state index contributed by atoms with van der Waals surface area (Å²) in [5, 5.41) is 4.36. The highest BCUT2D eigenvalue weighted by atomic mass is 32.2. The maximum Gasteiger partial charge on any atom is 0.333 e. The van der Waals surface area contributed by atoms with Crippen molar-refractivity contribution in [1.29, 1.82) is 0 Å². The molecular formula is C16H16N2O4S2. The number of aryl methyl sites for hydroxylation is 1. The van der Waals surface area contributed by atoms with E-state index in [9.17, 15) is 13.2 Å². The molecule has 126 valence electrons. The Morgan fingerprint density at radius 2 is 2.08 bits per heavy atom. The number of urea groups is 1. The molecule has 8 heteroatoms. The molecule has 0 saturated carbocycles. The third-order valence-corrected chi connectivity index (χ3v) is 7.00. The van der Waals surface area contributed by atoms with Gasteiger partial charge < -0.3 is 10.1 Å². The molecule has 0 fully saturated rings. The van der Waals surface area contributed by atoms with Gasteiger partial charge in [0.15, 0.2) is 0 Å². The van der Waals surface area contributed by atoms with E-state index in [1.807, 2.05) is 0 Å². The van der Waals surface area contributed by atoms with Crippen molar-refractivity contribution in [1.82, 2.24) is 4.72 Å². The van der Waals surface area contributed by atoms with Crippen LogP contribution in [0.15, 0.2) is 27.8 Å². The minimum absolute atomic E-state index is 0.109. The Balaban J connectivity index is 1.61. The van der Waals surface area contributed by atoms with Crippen LogP contribution in [0.4, 0.5) is 10.5 Å². The van der Waals surface area contributed by atoms with Gasteiger partial charge >= 0.3 is 6.03 Å². The smallest absolute Gasteiger partial charge is 0.333 e. The average molecular weight is 364 g/mol. The van der Waals surface area contributed by atoms with Gasteiger partial charge in [-0.25, -0.2) is 17.9 Å². The molecule has 4 rings (SSSR count). The molecule has 0 atom stereocenters. The maximum absolute atomic E-state index is 12.3. The molecule has 2 amide bonds. The lowest BCUT2D eigenvalue weighted by Crippen LogP contribution is -2.34. The summed E-state index contributed by atoms with van der Waals surface area (Å²) in [5.74, 6) is 0.680. The van der Waals surface area contributed by atoms with Crippen molar-refractivity contribution in [2.24, 2.45) is 0 Å². The second-order valence-electron chi connectivity index (χ2n) is 5.82. The van der Waals surface area contributed by atoms with Gasteiger partial charge in [0.1, 0.15) is 9.96 Å². The number of hydrogen-bond donors (Lipinski definition) is 2. The largest absolute Gasteiger partial charge is 0.491 e. The van der Waals surface area contributed by atoms with Crippen LogP contribution in [0.3, 0.4) is 0 Å². The molecule has 2 N–H and O–H groups in total. The highest BCUT2D eigenvalue weighted by molar-refractivity contribution is 7.92. The lowest BCUT2D eigenvalue weighted by Gasteiger charge is -2.15. The zero-order valence-electron chi connectivity index (χ0n) is 12.8. The van der Waals surface area contributed by atoms with E-state index >= 15 is 0 Å². The molecule has 0 unspecified atom stereocenters. The van der Waals surface area contributed by atoms with Crippen LogP contribution in [0.25, 0.3) is 0 Å². The molecule has 1 aliphatic heterocycles. The monoisotopic (exact) mass is 364 g/mol. The Labute approximate surface area is 143 Å². The fourth-order valence-corrected chi connectivity index (χ4v) is 5.16. The first kappa shape index (κ1) is 15.5. The van der Waals surface area contributed by atoms with Crippen molar-refractivity contribution >= 4 is 33.1 Å². The molecule has 1 aliphatic carbocycles. The van der Waals surface area contributed by atoms with E-state index in [-0.39, 0.29) is 4.21 Å². The summed E-state index contributed by atoms with van der Waals surface area (Å²) in [7, 11) is -3.85. The number of ether oxygens (including phenoxy) is 1. The first-order chi connectivity index (χ1) is 11.5. The number of thiophene rings is 1. The maximum atomic E-state index is 12.3. The number of anilines is 1. The molecule has 2 heterocycles. The number of benzene rings is 1. The highest BCUT2D eigenvalue weighted by Gasteiger charge is 2.27. The zero-order valence-corrected chi connectivity index (χ0v) is 14.4. The van der Waals surface area contributed by atoms with Gasteiger partial charge in [-0.1, -0.05) is 12.1 Å². The Hall–Kier alpha value is -2.06. The molecule has 0 radical (unpaired) electrons. The number of carbonyl (C=O) groups is 1. The van der Waals surface area contributed by atoms with Gasteiger partial charge in [0, 0.05) is 6.42 Å². The van der Waals surface area contributed by atoms with Crippen LogP contribution in [0.5, 0.6) is 5.75 Å². The fourth-order valence-electron chi connectivity index (χ4n) is 3.26. The minimum atomic E-state index is -3.85. The molecule has 0 bridgehead atoms. The molecule has 24 heavy (non-hydrogen) atoms. The third-order valence-electron chi connectivity index (χ3n) is 4.27. The van der Waals surface area contributed by atoms with E-state index in [1.54, 1.807) is 11.4 Å². The van der Waals surface area contributed by atoms with Crippen molar-refractivity contribution in [3.05, 3.63) is 40.3 Å². The lowest BCUT2D eigenvalue weighted by molar-refractivity contribution is 0.256. The topological polar surface area (TPSA) is 84.5 Å². The second kappa shape index (κ2) is 5.78. The van der Waals surface area contributed by atoms with Crippen molar-refractivity contribution in [3.63, 3.8) is 0 Å². The zero-order chi connectivity index (χ0) is 16.7. The van der Waals surface area contributed by atoms with Crippen LogP contribution in [0.1, 0.15) is 23.1 Å². The highest BCUT2D eigenvalue weighted by Crippen LogP contribution is 2.42. The van der Waals surface area contributed by atoms with Gasteiger partial charge in [-0.2, -0.15) is 0 Å². The van der Waals surface area contributed by atoms with Crippen molar-refractivity contribution in [3.8, 4) is 5.75 Å². The van der Waals surface area contributed by atoms with E-state index in [2.05, 4.69) is 16.1 Å². The van der Waals surface area contributed by atoms with E-state index in [4.69, 9.17) is 4.74 Å². The summed E-state index contributed by atoms with van der Waals surface area (Å²) in [4.78, 5) is 12.3. The summed E-state index contributed by atoms with van der Waals surface area (Å²) >= 11 is 1.06. The van der Waals surface area contributed by atoms with Crippen molar-refractivity contribution in [2.75, 3.05) is 11.9 Å². The summed E-state index contributed by atoms with van der Waals surface area (Å²) in [6.45, 7) is 0.585. The molecule has 0 spiro atoms. The SMILES string of the molecule is O=C(Nc1c2c(cc3c1OCC3)CCC2)NS(=O)(=O)c1cccs1. The standard InChI is InChI=1S/C16H16N2O4S2/c19-16(18-24(20,21)13-5-2-8-23-13)17-14-12-4-1-3-10(12)9-11-6-7-22-15(11)14/h2,5,8-9H,1,3-4,6-7H2,(H2,17,18,19). The molecule has 2 aliphatic rings. The van der Waals surface area contributed by atoms with Crippen LogP contribution in [0, 0.1) is 0 Å². The Bertz CT molecular complexity index is 872. The number of nitrogens with one attached hydrogen (secondary N) is 2. The number of rotatable bonds is 3. The van der Waals surface area contributed by atoms with E-state index in [1.165, 1.54) is 11.6 Å². The molecule has 2 aromatic rings. The van der Waals surface area contributed by atoms with Gasteiger partial charge in [0.2, 0.25) is 0 Å². The first-order valence-electron chi connectivity index (χ1n) is 7.72. The molecule has 1 aromatic carbocycles. The normalized spacial score (nSPS) is 15.5. The summed E-state index contributed by atoms with van der Waals surface area (Å²) in [5.41, 5.74) is 3.97. The van der Waals surface area contributed by atoms with E-state index in [0.29, 0.717) is 18.0 Å². The van der Waals surface area contributed by atoms with Gasteiger partial charge in [-0.3, -0.25) is 0 Å². The molecule has 6 nitrogen and oxygen atoms in total. The number of hydrogen-bond acceptors (Lipinski definition) is 5. The second-order valence-corrected chi connectivity index (χ2v) is 8.68. The van der Waals surface area contributed by atoms with Crippen molar-refractivity contribution in [2.45, 2.75) is 29.9 Å². The summed E-state index contributed by atoms with van der Waals surface area (Å²) < 4.78 is 32.2. The quantitative estimate of drug-likeness (QED) is 0.877. The molecule has 0 saturated heterocycles. The van der Waals surface area contributed by atoms with E-state index in [0.717, 1.165) is 48.1 Å². The average Bonchev–Trinajstić information content (AvgIpc) is 3.27. The van der Waals surface area contributed by atoms with Gasteiger partial charge in [0.05, 0.1) is 12.3 Å². The number of carbonyl (C=O) groups excluding carboxylic acids is 1. The summed E-state index contributed by atoms with van der Waals surface area (Å²) in [6, 6.07) is 4.47. The fraction of sp³-hybridized carbons (Fsp3) is 0.312. The van der Waals surface area contributed by atoms with Gasteiger partial charge in [-0.15, -0.1) is 11.3 Å². The first-order valence-corrected chi connectivity index (χ1v) is 10.1. The van der Waals surface area contributed by atoms with Crippen LogP contribution >= 0.6 is 11.3 Å². The number of sulfonamides is 1.